The topological polar surface area (TPSA) is 114 Å². The van der Waals surface area contributed by atoms with Crippen molar-refractivity contribution in [2.45, 2.75) is 19.0 Å². The summed E-state index contributed by atoms with van der Waals surface area (Å²) in [6, 6.07) is 13.3. The summed E-state index contributed by atoms with van der Waals surface area (Å²) in [7, 11) is 0. The van der Waals surface area contributed by atoms with Gasteiger partial charge in [0, 0.05) is 18.3 Å². The Kier molecular flexibility index (Phi) is 4.50. The summed E-state index contributed by atoms with van der Waals surface area (Å²) < 4.78 is 5.36. The number of carbonyl (C=O) groups is 3. The molecule has 0 N–H and O–H groups in total. The number of nitro groups is 1. The van der Waals surface area contributed by atoms with E-state index in [1.165, 1.54) is 30.5 Å². The SMILES string of the molecule is Cc1ccc([N+](=O)[O-])cc1N1C(=O)[C@@H]2[C@H](C1=O)C1c3ccccc3C=CN1[C@@H]2C(=O)c1ccco1. The smallest absolute Gasteiger partial charge is 0.271 e. The van der Waals surface area contributed by atoms with E-state index in [4.69, 9.17) is 4.42 Å². The van der Waals surface area contributed by atoms with Gasteiger partial charge in [-0.1, -0.05) is 30.3 Å². The lowest BCUT2D eigenvalue weighted by Crippen LogP contribution is -2.44. The Morgan fingerprint density at radius 3 is 2.54 bits per heavy atom. The first-order valence-corrected chi connectivity index (χ1v) is 11.1. The number of hydrogen-bond donors (Lipinski definition) is 0. The molecule has 174 valence electrons. The van der Waals surface area contributed by atoms with E-state index in [9.17, 15) is 24.5 Å². The molecule has 2 saturated heterocycles. The van der Waals surface area contributed by atoms with Crippen molar-refractivity contribution in [2.75, 3.05) is 4.90 Å². The molecule has 9 nitrogen and oxygen atoms in total. The van der Waals surface area contributed by atoms with Crippen molar-refractivity contribution in [3.63, 3.8) is 0 Å². The van der Waals surface area contributed by atoms with Crippen molar-refractivity contribution in [2.24, 2.45) is 11.8 Å². The van der Waals surface area contributed by atoms with E-state index in [2.05, 4.69) is 0 Å². The number of rotatable bonds is 4. The van der Waals surface area contributed by atoms with Gasteiger partial charge in [-0.2, -0.15) is 0 Å². The summed E-state index contributed by atoms with van der Waals surface area (Å²) in [5.74, 6) is -3.12. The van der Waals surface area contributed by atoms with Crippen LogP contribution in [0.2, 0.25) is 0 Å². The highest BCUT2D eigenvalue weighted by Crippen LogP contribution is 2.54. The minimum absolute atomic E-state index is 0.104. The van der Waals surface area contributed by atoms with Gasteiger partial charge in [-0.05, 0) is 41.8 Å². The normalized spacial score (nSPS) is 24.4. The van der Waals surface area contributed by atoms with Crippen LogP contribution in [-0.2, 0) is 9.59 Å². The van der Waals surface area contributed by atoms with Crippen LogP contribution in [0.4, 0.5) is 11.4 Å². The lowest BCUT2D eigenvalue weighted by atomic mass is 9.84. The van der Waals surface area contributed by atoms with Gasteiger partial charge >= 0.3 is 0 Å². The van der Waals surface area contributed by atoms with Crippen LogP contribution in [0.25, 0.3) is 6.08 Å². The number of benzene rings is 2. The van der Waals surface area contributed by atoms with Crippen LogP contribution >= 0.6 is 0 Å². The van der Waals surface area contributed by atoms with E-state index in [1.54, 1.807) is 24.1 Å². The number of non-ortho nitro benzene ring substituents is 1. The molecule has 0 aliphatic carbocycles. The van der Waals surface area contributed by atoms with Gasteiger partial charge in [0.05, 0.1) is 34.8 Å². The average Bonchev–Trinajstić information content (AvgIpc) is 3.56. The second-order valence-corrected chi connectivity index (χ2v) is 8.91. The fourth-order valence-electron chi connectivity index (χ4n) is 5.61. The van der Waals surface area contributed by atoms with Crippen molar-refractivity contribution < 1.29 is 23.7 Å². The van der Waals surface area contributed by atoms with Crippen LogP contribution in [0, 0.1) is 28.9 Å². The van der Waals surface area contributed by atoms with Crippen LogP contribution in [-0.4, -0.2) is 33.5 Å². The monoisotopic (exact) mass is 469 g/mol. The maximum Gasteiger partial charge on any atom is 0.271 e. The Bertz CT molecular complexity index is 1440. The molecular formula is C26H19N3O6. The van der Waals surface area contributed by atoms with Crippen LogP contribution in [0.5, 0.6) is 0 Å². The molecule has 35 heavy (non-hydrogen) atoms. The molecule has 2 fully saturated rings. The zero-order chi connectivity index (χ0) is 24.4. The number of imide groups is 1. The number of aryl methyl sites for hydroxylation is 1. The van der Waals surface area contributed by atoms with Gasteiger partial charge in [-0.3, -0.25) is 24.5 Å². The Hall–Kier alpha value is -4.53. The van der Waals surface area contributed by atoms with Gasteiger partial charge in [0.15, 0.2) is 5.76 Å². The number of nitrogens with zero attached hydrogens (tertiary/aromatic N) is 3. The minimum Gasteiger partial charge on any atom is -0.461 e. The van der Waals surface area contributed by atoms with Crippen molar-refractivity contribution in [3.8, 4) is 0 Å². The predicted molar refractivity (Wildman–Crippen MR) is 124 cm³/mol. The predicted octanol–water partition coefficient (Wildman–Crippen LogP) is 3.89. The number of anilines is 1. The van der Waals surface area contributed by atoms with Crippen LogP contribution < -0.4 is 4.90 Å². The molecule has 0 saturated carbocycles. The summed E-state index contributed by atoms with van der Waals surface area (Å²) in [6.45, 7) is 1.68. The first-order chi connectivity index (χ1) is 16.9. The molecule has 2 amide bonds. The van der Waals surface area contributed by atoms with E-state index in [0.717, 1.165) is 16.0 Å². The molecule has 4 heterocycles. The standard InChI is InChI=1S/C26H19N3O6/c1-14-8-9-16(29(33)34)13-18(14)28-25(31)20-21(26(28)32)23(24(30)19-7-4-12-35-19)27-11-10-15-5-2-3-6-17(15)22(20)27/h2-13,20-23H,1H3/t20-,21+,22?,23-/m0/s1. The number of ketones is 1. The molecule has 9 heteroatoms. The van der Waals surface area contributed by atoms with Gasteiger partial charge < -0.3 is 9.32 Å². The van der Waals surface area contributed by atoms with Crippen molar-refractivity contribution in [3.05, 3.63) is 99.6 Å². The molecule has 0 spiro atoms. The Morgan fingerprint density at radius 2 is 1.80 bits per heavy atom. The average molecular weight is 469 g/mol. The van der Waals surface area contributed by atoms with Crippen LogP contribution in [0.15, 0.2) is 71.5 Å². The zero-order valence-corrected chi connectivity index (χ0v) is 18.5. The van der Waals surface area contributed by atoms with Gasteiger partial charge in [-0.15, -0.1) is 0 Å². The second-order valence-electron chi connectivity index (χ2n) is 8.91. The molecule has 3 aromatic rings. The molecular weight excluding hydrogens is 450 g/mol. The third kappa shape index (κ3) is 2.91. The molecule has 3 aliphatic heterocycles. The number of amides is 2. The van der Waals surface area contributed by atoms with Gasteiger partial charge in [0.1, 0.15) is 6.04 Å². The highest BCUT2D eigenvalue weighted by molar-refractivity contribution is 6.25. The number of nitro benzene ring substituents is 1. The van der Waals surface area contributed by atoms with E-state index in [-0.39, 0.29) is 17.1 Å². The van der Waals surface area contributed by atoms with Gasteiger partial charge in [0.25, 0.3) is 5.69 Å². The summed E-state index contributed by atoms with van der Waals surface area (Å²) in [5.41, 5.74) is 2.24. The molecule has 0 bridgehead atoms. The second kappa shape index (κ2) is 7.49. The number of furan rings is 1. The fraction of sp³-hybridized carbons (Fsp3) is 0.192. The Morgan fingerprint density at radius 1 is 1.03 bits per heavy atom. The van der Waals surface area contributed by atoms with E-state index in [1.807, 2.05) is 30.3 Å². The van der Waals surface area contributed by atoms with E-state index >= 15 is 0 Å². The van der Waals surface area contributed by atoms with E-state index < -0.39 is 46.4 Å². The molecule has 4 atom stereocenters. The minimum atomic E-state index is -0.973. The molecule has 1 aromatic heterocycles. The molecule has 6 rings (SSSR count). The third-order valence-electron chi connectivity index (χ3n) is 7.14. The Balaban J connectivity index is 1.51. The number of Topliss-reactive ketones (excluding diaryl/α,β-unsaturated/α-hetero) is 1. The number of fused-ring (bicyclic) bond motifs is 5. The highest BCUT2D eigenvalue weighted by Gasteiger charge is 2.65. The maximum atomic E-state index is 13.9. The number of carbonyl (C=O) groups excluding carboxylic acids is 3. The highest BCUT2D eigenvalue weighted by atomic mass is 16.6. The fourth-order valence-corrected chi connectivity index (χ4v) is 5.61. The summed E-state index contributed by atoms with van der Waals surface area (Å²) >= 11 is 0. The quantitative estimate of drug-likeness (QED) is 0.246. The van der Waals surface area contributed by atoms with Crippen molar-refractivity contribution >= 4 is 35.0 Å². The van der Waals surface area contributed by atoms with Crippen LogP contribution in [0.1, 0.15) is 33.3 Å². The summed E-state index contributed by atoms with van der Waals surface area (Å²) in [6.07, 6.45) is 5.02. The maximum absolute atomic E-state index is 13.9. The third-order valence-corrected chi connectivity index (χ3v) is 7.14. The molecule has 2 aromatic carbocycles. The van der Waals surface area contributed by atoms with Gasteiger partial charge in [-0.25, -0.2) is 4.90 Å². The Labute approximate surface area is 199 Å². The summed E-state index contributed by atoms with van der Waals surface area (Å²) in [4.78, 5) is 55.0. The van der Waals surface area contributed by atoms with Gasteiger partial charge in [0.2, 0.25) is 17.6 Å². The molecule has 0 radical (unpaired) electrons. The first-order valence-electron chi connectivity index (χ1n) is 11.1. The van der Waals surface area contributed by atoms with Crippen molar-refractivity contribution in [1.29, 1.82) is 0 Å². The summed E-state index contributed by atoms with van der Waals surface area (Å²) in [5, 5.41) is 11.4. The zero-order valence-electron chi connectivity index (χ0n) is 18.5. The van der Waals surface area contributed by atoms with E-state index in [0.29, 0.717) is 5.56 Å². The molecule has 3 aliphatic rings. The largest absolute Gasteiger partial charge is 0.461 e. The lowest BCUT2D eigenvalue weighted by Gasteiger charge is -2.35. The van der Waals surface area contributed by atoms with Crippen molar-refractivity contribution in [1.82, 2.24) is 4.90 Å². The lowest BCUT2D eigenvalue weighted by molar-refractivity contribution is -0.384. The molecule has 1 unspecified atom stereocenters. The number of hydrogen-bond acceptors (Lipinski definition) is 7. The van der Waals surface area contributed by atoms with Crippen LogP contribution in [0.3, 0.4) is 0 Å². The first kappa shape index (κ1) is 21.0.